The number of amides is 2. The maximum absolute atomic E-state index is 12.5. The number of nitrogens with one attached hydrogen (secondary N) is 2. The molecule has 1 aromatic heterocycles. The molecule has 2 N–H and O–H groups in total. The second-order valence-electron chi connectivity index (χ2n) is 7.10. The molecular weight excluding hydrogens is 362 g/mol. The molecule has 3 rings (SSSR count). The molecule has 0 unspecified atom stereocenters. The van der Waals surface area contributed by atoms with Crippen LogP contribution in [0.15, 0.2) is 41.8 Å². The number of hydrogen-bond donors (Lipinski definition) is 2. The van der Waals surface area contributed by atoms with Crippen molar-refractivity contribution >= 4 is 28.8 Å². The van der Waals surface area contributed by atoms with E-state index >= 15 is 0 Å². The Kier molecular flexibility index (Phi) is 6.26. The number of benzene rings is 1. The molecule has 0 bridgehead atoms. The summed E-state index contributed by atoms with van der Waals surface area (Å²) in [5, 5.41) is 7.70. The van der Waals surface area contributed by atoms with Gasteiger partial charge in [0.2, 0.25) is 0 Å². The molecule has 0 saturated carbocycles. The van der Waals surface area contributed by atoms with E-state index in [4.69, 9.17) is 4.74 Å². The summed E-state index contributed by atoms with van der Waals surface area (Å²) in [6, 6.07) is 10.5. The van der Waals surface area contributed by atoms with Crippen LogP contribution in [0.3, 0.4) is 0 Å². The largest absolute Gasteiger partial charge is 0.379 e. The fraction of sp³-hybridized carbons (Fsp3) is 0.400. The van der Waals surface area contributed by atoms with E-state index in [1.807, 2.05) is 11.4 Å². The second-order valence-corrected chi connectivity index (χ2v) is 8.05. The SMILES string of the molecule is CC(C)(CNC(=O)c1ccc(NC(=O)c2cccs2)cc1)N1CCOCC1. The molecule has 1 aromatic carbocycles. The highest BCUT2D eigenvalue weighted by Gasteiger charge is 2.28. The molecule has 0 radical (unpaired) electrons. The van der Waals surface area contributed by atoms with E-state index in [-0.39, 0.29) is 17.4 Å². The third kappa shape index (κ3) is 5.15. The Balaban J connectivity index is 1.53. The predicted octanol–water partition coefficient (Wildman–Crippen LogP) is 2.84. The van der Waals surface area contributed by atoms with Gasteiger partial charge in [-0.1, -0.05) is 6.07 Å². The fourth-order valence-electron chi connectivity index (χ4n) is 2.98. The summed E-state index contributed by atoms with van der Waals surface area (Å²) in [4.78, 5) is 27.5. The van der Waals surface area contributed by atoms with Gasteiger partial charge in [0.05, 0.1) is 18.1 Å². The van der Waals surface area contributed by atoms with E-state index in [9.17, 15) is 9.59 Å². The zero-order chi connectivity index (χ0) is 19.3. The normalized spacial score (nSPS) is 15.3. The molecule has 6 nitrogen and oxygen atoms in total. The van der Waals surface area contributed by atoms with Gasteiger partial charge >= 0.3 is 0 Å². The second kappa shape index (κ2) is 8.65. The van der Waals surface area contributed by atoms with Crippen molar-refractivity contribution in [1.82, 2.24) is 10.2 Å². The summed E-state index contributed by atoms with van der Waals surface area (Å²) in [7, 11) is 0. The molecule has 1 aliphatic heterocycles. The Morgan fingerprint density at radius 3 is 2.44 bits per heavy atom. The van der Waals surface area contributed by atoms with Gasteiger partial charge in [-0.15, -0.1) is 11.3 Å². The van der Waals surface area contributed by atoms with Crippen LogP contribution in [0, 0.1) is 0 Å². The Hall–Kier alpha value is -2.22. The van der Waals surface area contributed by atoms with Gasteiger partial charge in [0, 0.05) is 36.4 Å². The first-order chi connectivity index (χ1) is 13.0. The van der Waals surface area contributed by atoms with Gasteiger partial charge in [0.25, 0.3) is 11.8 Å². The van der Waals surface area contributed by atoms with Crippen LogP contribution in [-0.2, 0) is 4.74 Å². The molecule has 1 fully saturated rings. The maximum atomic E-state index is 12.5. The average molecular weight is 388 g/mol. The summed E-state index contributed by atoms with van der Waals surface area (Å²) in [5.41, 5.74) is 1.11. The number of carbonyl (C=O) groups is 2. The van der Waals surface area contributed by atoms with Crippen molar-refractivity contribution in [1.29, 1.82) is 0 Å². The summed E-state index contributed by atoms with van der Waals surface area (Å²) in [6.07, 6.45) is 0. The Morgan fingerprint density at radius 2 is 1.81 bits per heavy atom. The molecule has 27 heavy (non-hydrogen) atoms. The van der Waals surface area contributed by atoms with Gasteiger partial charge in [-0.2, -0.15) is 0 Å². The minimum absolute atomic E-state index is 0.118. The highest BCUT2D eigenvalue weighted by atomic mass is 32.1. The van der Waals surface area contributed by atoms with Crippen LogP contribution < -0.4 is 10.6 Å². The minimum atomic E-state index is -0.144. The third-order valence-corrected chi connectivity index (χ3v) is 5.57. The lowest BCUT2D eigenvalue weighted by Gasteiger charge is -2.40. The molecule has 2 heterocycles. The minimum Gasteiger partial charge on any atom is -0.379 e. The Labute approximate surface area is 163 Å². The van der Waals surface area contributed by atoms with Gasteiger partial charge < -0.3 is 15.4 Å². The monoisotopic (exact) mass is 387 g/mol. The van der Waals surface area contributed by atoms with Crippen LogP contribution in [-0.4, -0.2) is 55.1 Å². The van der Waals surface area contributed by atoms with E-state index in [2.05, 4.69) is 29.4 Å². The lowest BCUT2D eigenvalue weighted by atomic mass is 10.0. The zero-order valence-corrected chi connectivity index (χ0v) is 16.5. The first-order valence-electron chi connectivity index (χ1n) is 9.02. The van der Waals surface area contributed by atoms with Crippen molar-refractivity contribution in [3.8, 4) is 0 Å². The molecule has 1 aliphatic rings. The van der Waals surface area contributed by atoms with Crippen molar-refractivity contribution in [3.05, 3.63) is 52.2 Å². The number of rotatable bonds is 6. The number of ether oxygens (including phenoxy) is 1. The van der Waals surface area contributed by atoms with Crippen molar-refractivity contribution in [2.45, 2.75) is 19.4 Å². The van der Waals surface area contributed by atoms with Crippen molar-refractivity contribution in [2.75, 3.05) is 38.2 Å². The van der Waals surface area contributed by atoms with Gasteiger partial charge in [0.1, 0.15) is 0 Å². The first kappa shape index (κ1) is 19.5. The van der Waals surface area contributed by atoms with E-state index < -0.39 is 0 Å². The van der Waals surface area contributed by atoms with Crippen LogP contribution >= 0.6 is 11.3 Å². The van der Waals surface area contributed by atoms with Gasteiger partial charge in [-0.25, -0.2) is 0 Å². The van der Waals surface area contributed by atoms with Crippen molar-refractivity contribution < 1.29 is 14.3 Å². The highest BCUT2D eigenvalue weighted by molar-refractivity contribution is 7.12. The van der Waals surface area contributed by atoms with Gasteiger partial charge in [0.15, 0.2) is 0 Å². The van der Waals surface area contributed by atoms with Crippen LogP contribution in [0.2, 0.25) is 0 Å². The lowest BCUT2D eigenvalue weighted by Crippen LogP contribution is -2.55. The molecule has 0 atom stereocenters. The van der Waals surface area contributed by atoms with E-state index in [0.717, 1.165) is 26.3 Å². The van der Waals surface area contributed by atoms with Crippen molar-refractivity contribution in [2.24, 2.45) is 0 Å². The molecular formula is C20H25N3O3S. The van der Waals surface area contributed by atoms with Crippen molar-refractivity contribution in [3.63, 3.8) is 0 Å². The van der Waals surface area contributed by atoms with Crippen LogP contribution in [0.1, 0.15) is 33.9 Å². The molecule has 2 aromatic rings. The molecule has 7 heteroatoms. The van der Waals surface area contributed by atoms with Crippen LogP contribution in [0.5, 0.6) is 0 Å². The number of thiophene rings is 1. The molecule has 0 spiro atoms. The highest BCUT2D eigenvalue weighted by Crippen LogP contribution is 2.17. The summed E-state index contributed by atoms with van der Waals surface area (Å²) >= 11 is 1.39. The number of anilines is 1. The number of morpholine rings is 1. The topological polar surface area (TPSA) is 70.7 Å². The average Bonchev–Trinajstić information content (AvgIpc) is 3.22. The summed E-state index contributed by atoms with van der Waals surface area (Å²) in [5.74, 6) is -0.262. The van der Waals surface area contributed by atoms with Crippen LogP contribution in [0.25, 0.3) is 0 Å². The lowest BCUT2D eigenvalue weighted by molar-refractivity contribution is -0.00923. The third-order valence-electron chi connectivity index (χ3n) is 4.70. The standard InChI is InChI=1S/C20H25N3O3S/c1-20(2,23-9-11-26-12-10-23)14-21-18(24)15-5-7-16(8-6-15)22-19(25)17-4-3-13-27-17/h3-8,13H,9-12,14H2,1-2H3,(H,21,24)(H,22,25). The van der Waals surface area contributed by atoms with Gasteiger partial charge in [-0.3, -0.25) is 14.5 Å². The molecule has 1 saturated heterocycles. The Bertz CT molecular complexity index is 766. The van der Waals surface area contributed by atoms with Gasteiger partial charge in [-0.05, 0) is 49.6 Å². The van der Waals surface area contributed by atoms with E-state index in [1.54, 1.807) is 30.3 Å². The van der Waals surface area contributed by atoms with E-state index in [1.165, 1.54) is 11.3 Å². The quantitative estimate of drug-likeness (QED) is 0.800. The first-order valence-corrected chi connectivity index (χ1v) is 9.89. The maximum Gasteiger partial charge on any atom is 0.265 e. The number of hydrogen-bond acceptors (Lipinski definition) is 5. The van der Waals surface area contributed by atoms with E-state index in [0.29, 0.717) is 22.7 Å². The smallest absolute Gasteiger partial charge is 0.265 e. The Morgan fingerprint density at radius 1 is 1.11 bits per heavy atom. The molecule has 144 valence electrons. The zero-order valence-electron chi connectivity index (χ0n) is 15.7. The molecule has 0 aliphatic carbocycles. The summed E-state index contributed by atoms with van der Waals surface area (Å²) < 4.78 is 5.39. The summed E-state index contributed by atoms with van der Waals surface area (Å²) in [6.45, 7) is 8.03. The van der Waals surface area contributed by atoms with Crippen LogP contribution in [0.4, 0.5) is 5.69 Å². The number of carbonyl (C=O) groups excluding carboxylic acids is 2. The molecule has 2 amide bonds. The predicted molar refractivity (Wildman–Crippen MR) is 108 cm³/mol. The fourth-order valence-corrected chi connectivity index (χ4v) is 3.60. The number of nitrogens with zero attached hydrogens (tertiary/aromatic N) is 1.